The molecule has 0 unspecified atom stereocenters. The molecule has 0 aliphatic heterocycles. The minimum Gasteiger partial charge on any atom is -0.456 e. The van der Waals surface area contributed by atoms with Gasteiger partial charge in [-0.2, -0.15) is 0 Å². The summed E-state index contributed by atoms with van der Waals surface area (Å²) in [5, 5.41) is 4.96. The van der Waals surface area contributed by atoms with Crippen molar-refractivity contribution in [3.8, 4) is 22.3 Å². The van der Waals surface area contributed by atoms with Gasteiger partial charge in [0.15, 0.2) is 0 Å². The van der Waals surface area contributed by atoms with Gasteiger partial charge >= 0.3 is 0 Å². The Morgan fingerprint density at radius 2 is 1.02 bits per heavy atom. The summed E-state index contributed by atoms with van der Waals surface area (Å²) in [5.74, 6) is 0. The Labute approximate surface area is 284 Å². The van der Waals surface area contributed by atoms with Crippen molar-refractivity contribution in [1.82, 2.24) is 0 Å². The van der Waals surface area contributed by atoms with Crippen molar-refractivity contribution < 1.29 is 4.42 Å². The van der Waals surface area contributed by atoms with Gasteiger partial charge in [0.05, 0.1) is 5.41 Å². The summed E-state index contributed by atoms with van der Waals surface area (Å²) in [6, 6.07) is 64.1. The van der Waals surface area contributed by atoms with Gasteiger partial charge in [0.25, 0.3) is 0 Å². The van der Waals surface area contributed by atoms with Crippen molar-refractivity contribution >= 4 is 49.8 Å². The molecule has 0 radical (unpaired) electrons. The van der Waals surface area contributed by atoms with E-state index < -0.39 is 0 Å². The summed E-state index contributed by atoms with van der Waals surface area (Å²) in [6.07, 6.45) is 0. The van der Waals surface area contributed by atoms with Gasteiger partial charge in [-0.15, -0.1) is 0 Å². The Morgan fingerprint density at radius 1 is 0.388 bits per heavy atom. The number of furan rings is 1. The van der Waals surface area contributed by atoms with Gasteiger partial charge < -0.3 is 9.32 Å². The highest BCUT2D eigenvalue weighted by molar-refractivity contribution is 6.07. The molecule has 1 spiro atoms. The van der Waals surface area contributed by atoms with Crippen LogP contribution >= 0.6 is 0 Å². The monoisotopic (exact) mass is 623 g/mol. The average Bonchev–Trinajstić information content (AvgIpc) is 3.69. The lowest BCUT2D eigenvalue weighted by Gasteiger charge is -2.43. The highest BCUT2D eigenvalue weighted by Crippen LogP contribution is 2.64. The molecule has 1 aromatic heterocycles. The number of nitrogens with zero attached hydrogens (tertiary/aromatic N) is 1. The maximum Gasteiger partial charge on any atom is 0.137 e. The van der Waals surface area contributed by atoms with E-state index in [1.807, 2.05) is 12.1 Å². The molecule has 2 aliphatic carbocycles. The van der Waals surface area contributed by atoms with Crippen molar-refractivity contribution in [3.63, 3.8) is 0 Å². The minimum atomic E-state index is -0.307. The lowest BCUT2D eigenvalue weighted by atomic mass is 9.58. The summed E-state index contributed by atoms with van der Waals surface area (Å²) >= 11 is 0. The molecule has 11 rings (SSSR count). The van der Waals surface area contributed by atoms with Crippen LogP contribution in [0.1, 0.15) is 22.3 Å². The molecule has 8 aromatic carbocycles. The molecule has 9 aromatic rings. The zero-order valence-electron chi connectivity index (χ0n) is 26.6. The molecular formula is C47H29NO. The zero-order chi connectivity index (χ0) is 32.1. The summed E-state index contributed by atoms with van der Waals surface area (Å²) in [6.45, 7) is 0. The Hall–Kier alpha value is -6.38. The molecule has 0 saturated heterocycles. The van der Waals surface area contributed by atoms with Crippen LogP contribution in [-0.4, -0.2) is 0 Å². The van der Waals surface area contributed by atoms with Crippen LogP contribution < -0.4 is 4.90 Å². The van der Waals surface area contributed by atoms with Gasteiger partial charge in [-0.25, -0.2) is 0 Å². The van der Waals surface area contributed by atoms with Gasteiger partial charge in [-0.05, 0) is 97.7 Å². The molecule has 0 saturated carbocycles. The van der Waals surface area contributed by atoms with Gasteiger partial charge in [0.2, 0.25) is 0 Å². The van der Waals surface area contributed by atoms with Crippen LogP contribution in [0.15, 0.2) is 180 Å². The molecule has 0 fully saturated rings. The average molecular weight is 624 g/mol. The van der Waals surface area contributed by atoms with Crippen molar-refractivity contribution in [1.29, 1.82) is 0 Å². The Morgan fingerprint density at radius 3 is 1.90 bits per heavy atom. The highest BCUT2D eigenvalue weighted by Gasteiger charge is 2.53. The topological polar surface area (TPSA) is 16.4 Å². The van der Waals surface area contributed by atoms with E-state index in [1.54, 1.807) is 0 Å². The second kappa shape index (κ2) is 9.82. The van der Waals surface area contributed by atoms with Crippen molar-refractivity contribution in [2.45, 2.75) is 5.41 Å². The van der Waals surface area contributed by atoms with Crippen molar-refractivity contribution in [2.75, 3.05) is 4.90 Å². The first-order valence-electron chi connectivity index (χ1n) is 16.9. The fourth-order valence-corrected chi connectivity index (χ4v) is 8.79. The van der Waals surface area contributed by atoms with Crippen molar-refractivity contribution in [3.05, 3.63) is 198 Å². The number of rotatable bonds is 4. The Bertz CT molecular complexity index is 2750. The predicted octanol–water partition coefficient (Wildman–Crippen LogP) is 12.6. The standard InChI is InChI=1S/C47H29NO/c1-2-11-30(12-3-1)32-15-8-16-33(27-32)48(35-24-26-39-38-18-5-7-22-44(38)49-45(39)29-35)34-23-25-37-36-17-4-6-19-40(36)47(43(37)28-34)41-20-9-13-31-14-10-21-42(47)46(31)41/h1-29H. The molecule has 2 heteroatoms. The lowest BCUT2D eigenvalue weighted by Crippen LogP contribution is -2.36. The van der Waals surface area contributed by atoms with E-state index in [0.29, 0.717) is 0 Å². The van der Waals surface area contributed by atoms with Crippen LogP contribution in [0.25, 0.3) is 55.0 Å². The summed E-state index contributed by atoms with van der Waals surface area (Å²) < 4.78 is 6.43. The maximum absolute atomic E-state index is 6.43. The van der Waals surface area contributed by atoms with Crippen LogP contribution in [-0.2, 0) is 5.41 Å². The molecule has 0 N–H and O–H groups in total. The van der Waals surface area contributed by atoms with E-state index >= 15 is 0 Å². The number of fused-ring (bicyclic) bond motifs is 10. The van der Waals surface area contributed by atoms with E-state index in [-0.39, 0.29) is 5.41 Å². The highest BCUT2D eigenvalue weighted by atomic mass is 16.3. The first-order chi connectivity index (χ1) is 24.3. The van der Waals surface area contributed by atoms with Crippen LogP contribution in [0.2, 0.25) is 0 Å². The molecule has 0 amide bonds. The Balaban J connectivity index is 1.16. The van der Waals surface area contributed by atoms with Crippen LogP contribution in [0.5, 0.6) is 0 Å². The van der Waals surface area contributed by atoms with E-state index in [4.69, 9.17) is 4.42 Å². The van der Waals surface area contributed by atoms with Gasteiger partial charge in [0, 0.05) is 33.9 Å². The Kier molecular flexibility index (Phi) is 5.34. The summed E-state index contributed by atoms with van der Waals surface area (Å²) in [5.41, 5.74) is 15.2. The third-order valence-electron chi connectivity index (χ3n) is 10.8. The van der Waals surface area contributed by atoms with Crippen molar-refractivity contribution in [2.24, 2.45) is 0 Å². The first-order valence-corrected chi connectivity index (χ1v) is 16.9. The second-order valence-corrected chi connectivity index (χ2v) is 13.3. The molecule has 228 valence electrons. The molecule has 2 aliphatic rings. The van der Waals surface area contributed by atoms with E-state index in [1.165, 1.54) is 55.3 Å². The number of hydrogen-bond donors (Lipinski definition) is 0. The van der Waals surface area contributed by atoms with Gasteiger partial charge in [-0.1, -0.05) is 127 Å². The van der Waals surface area contributed by atoms with Gasteiger partial charge in [-0.3, -0.25) is 0 Å². The second-order valence-electron chi connectivity index (χ2n) is 13.3. The zero-order valence-corrected chi connectivity index (χ0v) is 26.6. The van der Waals surface area contributed by atoms with E-state index in [2.05, 4.69) is 169 Å². The molecule has 0 atom stereocenters. The smallest absolute Gasteiger partial charge is 0.137 e. The number of anilines is 3. The molecule has 0 bridgehead atoms. The number of benzene rings is 8. The maximum atomic E-state index is 6.43. The van der Waals surface area contributed by atoms with Crippen LogP contribution in [0.3, 0.4) is 0 Å². The molecular weight excluding hydrogens is 595 g/mol. The van der Waals surface area contributed by atoms with E-state index in [0.717, 1.165) is 39.0 Å². The fourth-order valence-electron chi connectivity index (χ4n) is 8.79. The quantitative estimate of drug-likeness (QED) is 0.194. The molecule has 1 heterocycles. The first kappa shape index (κ1) is 26.7. The summed E-state index contributed by atoms with van der Waals surface area (Å²) in [4.78, 5) is 2.39. The lowest BCUT2D eigenvalue weighted by molar-refractivity contribution is 0.669. The third kappa shape index (κ3) is 3.55. The largest absolute Gasteiger partial charge is 0.456 e. The molecule has 2 nitrogen and oxygen atoms in total. The molecule has 49 heavy (non-hydrogen) atoms. The number of para-hydroxylation sites is 1. The summed E-state index contributed by atoms with van der Waals surface area (Å²) in [7, 11) is 0. The van der Waals surface area contributed by atoms with Crippen LogP contribution in [0, 0.1) is 0 Å². The SMILES string of the molecule is c1ccc(-c2cccc(N(c3ccc4c(c3)C3(c5ccccc5-4)c4cccc5cccc3c45)c3ccc4c(c3)oc3ccccc34)c2)cc1. The number of hydrogen-bond acceptors (Lipinski definition) is 2. The van der Waals surface area contributed by atoms with Gasteiger partial charge in [0.1, 0.15) is 11.2 Å². The third-order valence-corrected chi connectivity index (χ3v) is 10.8. The van der Waals surface area contributed by atoms with Crippen LogP contribution in [0.4, 0.5) is 17.1 Å². The predicted molar refractivity (Wildman–Crippen MR) is 202 cm³/mol. The normalized spacial score (nSPS) is 13.5. The fraction of sp³-hybridized carbons (Fsp3) is 0.0213. The van der Waals surface area contributed by atoms with E-state index in [9.17, 15) is 0 Å². The minimum absolute atomic E-state index is 0.307.